The third-order valence-corrected chi connectivity index (χ3v) is 2.71. The van der Waals surface area contributed by atoms with Crippen molar-refractivity contribution in [3.05, 3.63) is 0 Å². The SMILES string of the molecule is O[C@@H]1CN(C2CCOC2)C[C@@H]1O. The molecule has 0 saturated carbocycles. The Morgan fingerprint density at radius 2 is 1.83 bits per heavy atom. The summed E-state index contributed by atoms with van der Waals surface area (Å²) in [4.78, 5) is 2.11. The maximum Gasteiger partial charge on any atom is 0.0938 e. The Bertz CT molecular complexity index is 148. The topological polar surface area (TPSA) is 52.9 Å². The average molecular weight is 173 g/mol. The van der Waals surface area contributed by atoms with Gasteiger partial charge in [0.05, 0.1) is 18.8 Å². The van der Waals surface area contributed by atoms with Gasteiger partial charge in [-0.3, -0.25) is 4.90 Å². The van der Waals surface area contributed by atoms with Crippen LogP contribution in [0.3, 0.4) is 0 Å². The summed E-state index contributed by atoms with van der Waals surface area (Å²) in [6.07, 6.45) is -0.101. The summed E-state index contributed by atoms with van der Waals surface area (Å²) < 4.78 is 5.24. The number of likely N-dealkylation sites (tertiary alicyclic amines) is 1. The van der Waals surface area contributed by atoms with Crippen LogP contribution < -0.4 is 0 Å². The number of ether oxygens (including phenoxy) is 1. The number of β-amino-alcohol motifs (C(OH)–C–C–N with tert-alkyl or cyclic N) is 2. The first-order valence-electron chi connectivity index (χ1n) is 4.45. The molecule has 0 aromatic carbocycles. The first-order valence-corrected chi connectivity index (χ1v) is 4.45. The summed E-state index contributed by atoms with van der Waals surface area (Å²) in [6.45, 7) is 2.75. The second kappa shape index (κ2) is 3.30. The number of aliphatic hydroxyl groups excluding tert-OH is 2. The lowest BCUT2D eigenvalue weighted by molar-refractivity contribution is 0.0572. The molecule has 0 aromatic rings. The van der Waals surface area contributed by atoms with Gasteiger partial charge < -0.3 is 14.9 Å². The molecule has 2 heterocycles. The van der Waals surface area contributed by atoms with E-state index in [2.05, 4.69) is 4.90 Å². The van der Waals surface area contributed by atoms with Crippen LogP contribution in [0, 0.1) is 0 Å². The lowest BCUT2D eigenvalue weighted by Crippen LogP contribution is -2.34. The van der Waals surface area contributed by atoms with Gasteiger partial charge in [0.2, 0.25) is 0 Å². The standard InChI is InChI=1S/C8H15NO3/c10-7-3-9(4-8(7)11)6-1-2-12-5-6/h6-8,10-11H,1-5H2/t6?,7-,8+. The first-order chi connectivity index (χ1) is 5.77. The van der Waals surface area contributed by atoms with Gasteiger partial charge >= 0.3 is 0 Å². The lowest BCUT2D eigenvalue weighted by Gasteiger charge is -2.20. The van der Waals surface area contributed by atoms with E-state index >= 15 is 0 Å². The van der Waals surface area contributed by atoms with Gasteiger partial charge in [0, 0.05) is 25.7 Å². The van der Waals surface area contributed by atoms with Crippen molar-refractivity contribution in [3.8, 4) is 0 Å². The molecule has 2 N–H and O–H groups in total. The van der Waals surface area contributed by atoms with Crippen LogP contribution in [0.5, 0.6) is 0 Å². The minimum Gasteiger partial charge on any atom is -0.389 e. The second-order valence-electron chi connectivity index (χ2n) is 3.61. The van der Waals surface area contributed by atoms with Crippen LogP contribution in [0.4, 0.5) is 0 Å². The minimum absolute atomic E-state index is 0.414. The van der Waals surface area contributed by atoms with Crippen LogP contribution in [0.25, 0.3) is 0 Å². The maximum absolute atomic E-state index is 9.30. The summed E-state index contributed by atoms with van der Waals surface area (Å²) in [5.74, 6) is 0. The summed E-state index contributed by atoms with van der Waals surface area (Å²) in [7, 11) is 0. The van der Waals surface area contributed by atoms with Crippen molar-refractivity contribution in [1.82, 2.24) is 4.90 Å². The van der Waals surface area contributed by atoms with Gasteiger partial charge in [0.1, 0.15) is 0 Å². The van der Waals surface area contributed by atoms with Crippen molar-refractivity contribution in [1.29, 1.82) is 0 Å². The molecular weight excluding hydrogens is 158 g/mol. The number of hydrogen-bond donors (Lipinski definition) is 2. The van der Waals surface area contributed by atoms with E-state index in [1.807, 2.05) is 0 Å². The van der Waals surface area contributed by atoms with Crippen LogP contribution in [0.15, 0.2) is 0 Å². The Labute approximate surface area is 71.7 Å². The monoisotopic (exact) mass is 173 g/mol. The molecule has 12 heavy (non-hydrogen) atoms. The highest BCUT2D eigenvalue weighted by atomic mass is 16.5. The summed E-state index contributed by atoms with van der Waals surface area (Å²) in [5, 5.41) is 18.6. The molecule has 3 atom stereocenters. The van der Waals surface area contributed by atoms with Gasteiger partial charge in [-0.1, -0.05) is 0 Å². The van der Waals surface area contributed by atoms with Crippen molar-refractivity contribution in [3.63, 3.8) is 0 Å². The highest BCUT2D eigenvalue weighted by Gasteiger charge is 2.35. The fraction of sp³-hybridized carbons (Fsp3) is 1.00. The Kier molecular flexibility index (Phi) is 2.32. The van der Waals surface area contributed by atoms with Crippen molar-refractivity contribution < 1.29 is 14.9 Å². The molecule has 0 aromatic heterocycles. The molecule has 0 radical (unpaired) electrons. The van der Waals surface area contributed by atoms with Crippen LogP contribution >= 0.6 is 0 Å². The molecule has 2 saturated heterocycles. The summed E-state index contributed by atoms with van der Waals surface area (Å²) in [5.41, 5.74) is 0. The predicted octanol–water partition coefficient (Wildman–Crippen LogP) is -1.19. The molecule has 0 spiro atoms. The van der Waals surface area contributed by atoms with E-state index in [1.54, 1.807) is 0 Å². The molecule has 2 aliphatic heterocycles. The second-order valence-corrected chi connectivity index (χ2v) is 3.61. The fourth-order valence-corrected chi connectivity index (χ4v) is 1.91. The van der Waals surface area contributed by atoms with E-state index in [9.17, 15) is 10.2 Å². The van der Waals surface area contributed by atoms with Crippen molar-refractivity contribution in [2.75, 3.05) is 26.3 Å². The van der Waals surface area contributed by atoms with Gasteiger partial charge in [-0.15, -0.1) is 0 Å². The van der Waals surface area contributed by atoms with E-state index in [-0.39, 0.29) is 0 Å². The molecule has 2 fully saturated rings. The van der Waals surface area contributed by atoms with E-state index in [1.165, 1.54) is 0 Å². The van der Waals surface area contributed by atoms with Gasteiger partial charge in [0.25, 0.3) is 0 Å². The van der Waals surface area contributed by atoms with Gasteiger partial charge in [-0.05, 0) is 6.42 Å². The molecule has 4 heteroatoms. The summed E-state index contributed by atoms with van der Waals surface area (Å²) in [6, 6.07) is 0.414. The van der Waals surface area contributed by atoms with Gasteiger partial charge in [0.15, 0.2) is 0 Å². The number of rotatable bonds is 1. The first kappa shape index (κ1) is 8.44. The fourth-order valence-electron chi connectivity index (χ4n) is 1.91. The third kappa shape index (κ3) is 1.47. The van der Waals surface area contributed by atoms with Crippen molar-refractivity contribution in [2.24, 2.45) is 0 Å². The lowest BCUT2D eigenvalue weighted by atomic mass is 10.2. The molecule has 0 amide bonds. The largest absolute Gasteiger partial charge is 0.389 e. The maximum atomic E-state index is 9.30. The van der Waals surface area contributed by atoms with Gasteiger partial charge in [-0.2, -0.15) is 0 Å². The van der Waals surface area contributed by atoms with Crippen LogP contribution in [-0.2, 0) is 4.74 Å². The average Bonchev–Trinajstić information content (AvgIpc) is 2.61. The minimum atomic E-state index is -0.564. The smallest absolute Gasteiger partial charge is 0.0938 e. The van der Waals surface area contributed by atoms with Crippen LogP contribution in [0.2, 0.25) is 0 Å². The number of aliphatic hydroxyl groups is 2. The van der Waals surface area contributed by atoms with Crippen LogP contribution in [0.1, 0.15) is 6.42 Å². The van der Waals surface area contributed by atoms with E-state index in [0.29, 0.717) is 19.1 Å². The number of nitrogens with zero attached hydrogens (tertiary/aromatic N) is 1. The zero-order chi connectivity index (χ0) is 8.55. The zero-order valence-electron chi connectivity index (χ0n) is 7.02. The Balaban J connectivity index is 1.89. The quantitative estimate of drug-likeness (QED) is 0.523. The zero-order valence-corrected chi connectivity index (χ0v) is 7.02. The third-order valence-electron chi connectivity index (χ3n) is 2.71. The normalized spacial score (nSPS) is 44.0. The van der Waals surface area contributed by atoms with E-state index in [4.69, 9.17) is 4.74 Å². The molecule has 70 valence electrons. The van der Waals surface area contributed by atoms with Crippen molar-refractivity contribution >= 4 is 0 Å². The Hall–Kier alpha value is -0.160. The molecule has 0 bridgehead atoms. The highest BCUT2D eigenvalue weighted by molar-refractivity contribution is 4.88. The molecule has 0 aliphatic carbocycles. The molecule has 4 nitrogen and oxygen atoms in total. The van der Waals surface area contributed by atoms with Crippen molar-refractivity contribution in [2.45, 2.75) is 24.7 Å². The summed E-state index contributed by atoms with van der Waals surface area (Å²) >= 11 is 0. The number of hydrogen-bond acceptors (Lipinski definition) is 4. The molecule has 2 rings (SSSR count). The highest BCUT2D eigenvalue weighted by Crippen LogP contribution is 2.18. The van der Waals surface area contributed by atoms with E-state index < -0.39 is 12.2 Å². The van der Waals surface area contributed by atoms with Crippen LogP contribution in [-0.4, -0.2) is 59.7 Å². The Morgan fingerprint density at radius 1 is 1.17 bits per heavy atom. The van der Waals surface area contributed by atoms with Gasteiger partial charge in [-0.25, -0.2) is 0 Å². The predicted molar refractivity (Wildman–Crippen MR) is 42.8 cm³/mol. The molecule has 1 unspecified atom stereocenters. The van der Waals surface area contributed by atoms with E-state index in [0.717, 1.165) is 19.6 Å². The Morgan fingerprint density at radius 3 is 2.33 bits per heavy atom. The molecular formula is C8H15NO3. The molecule has 2 aliphatic rings.